The van der Waals surface area contributed by atoms with Crippen LogP contribution in [0.15, 0.2) is 47.4 Å². The highest BCUT2D eigenvalue weighted by atomic mass is 35.5. The molecular formula is C21H25ClN2O5S. The SMILES string of the molecule is COc1cccc(N(C)C(=O)COc2ccc(S(=O)(=O)NC3CCCC3)cc2Cl)c1. The van der Waals surface area contributed by atoms with Crippen LogP contribution < -0.4 is 19.1 Å². The van der Waals surface area contributed by atoms with Gasteiger partial charge in [0.1, 0.15) is 11.5 Å². The second-order valence-corrected chi connectivity index (χ2v) is 9.26. The second kappa shape index (κ2) is 9.68. The Hall–Kier alpha value is -2.29. The van der Waals surface area contributed by atoms with Gasteiger partial charge in [-0.05, 0) is 43.2 Å². The number of carbonyl (C=O) groups excluding carboxylic acids is 1. The zero-order valence-electron chi connectivity index (χ0n) is 16.9. The molecule has 1 aliphatic rings. The fraction of sp³-hybridized carbons (Fsp3) is 0.381. The lowest BCUT2D eigenvalue weighted by atomic mass is 10.3. The summed E-state index contributed by atoms with van der Waals surface area (Å²) in [6.07, 6.45) is 3.74. The Morgan fingerprint density at radius 1 is 1.20 bits per heavy atom. The van der Waals surface area contributed by atoms with Gasteiger partial charge in [-0.3, -0.25) is 4.79 Å². The maximum Gasteiger partial charge on any atom is 0.264 e. The molecule has 0 aromatic heterocycles. The molecule has 0 saturated heterocycles. The monoisotopic (exact) mass is 452 g/mol. The van der Waals surface area contributed by atoms with E-state index in [1.165, 1.54) is 23.1 Å². The van der Waals surface area contributed by atoms with Crippen molar-refractivity contribution in [3.8, 4) is 11.5 Å². The molecule has 0 unspecified atom stereocenters. The van der Waals surface area contributed by atoms with Crippen LogP contribution in [0.5, 0.6) is 11.5 Å². The van der Waals surface area contributed by atoms with Crippen LogP contribution in [-0.4, -0.2) is 41.1 Å². The van der Waals surface area contributed by atoms with Crippen molar-refractivity contribution in [3.05, 3.63) is 47.5 Å². The maximum atomic E-state index is 12.5. The van der Waals surface area contributed by atoms with E-state index in [1.807, 2.05) is 0 Å². The van der Waals surface area contributed by atoms with Crippen LogP contribution >= 0.6 is 11.6 Å². The number of halogens is 1. The number of hydrogen-bond acceptors (Lipinski definition) is 5. The molecule has 1 saturated carbocycles. The topological polar surface area (TPSA) is 84.9 Å². The minimum absolute atomic E-state index is 0.0329. The molecule has 0 bridgehead atoms. The van der Waals surface area contributed by atoms with Gasteiger partial charge in [0, 0.05) is 24.8 Å². The Labute approximate surface area is 182 Å². The lowest BCUT2D eigenvalue weighted by Crippen LogP contribution is -2.32. The van der Waals surface area contributed by atoms with Crippen molar-refractivity contribution >= 4 is 33.2 Å². The standard InChI is InChI=1S/C21H25ClN2O5S/c1-24(16-8-5-9-17(12-16)28-2)21(25)14-29-20-11-10-18(13-19(20)22)30(26,27)23-15-6-3-4-7-15/h5,8-13,15,23H,3-4,6-7,14H2,1-2H3. The third-order valence-corrected chi connectivity index (χ3v) is 6.87. The number of sulfonamides is 1. The predicted molar refractivity (Wildman–Crippen MR) is 116 cm³/mol. The summed E-state index contributed by atoms with van der Waals surface area (Å²) in [6.45, 7) is -0.250. The maximum absolute atomic E-state index is 12.5. The van der Waals surface area contributed by atoms with Gasteiger partial charge in [0.05, 0.1) is 17.0 Å². The van der Waals surface area contributed by atoms with Crippen LogP contribution in [0.25, 0.3) is 0 Å². The molecule has 162 valence electrons. The van der Waals surface area contributed by atoms with Crippen molar-refractivity contribution in [2.45, 2.75) is 36.6 Å². The number of nitrogens with zero attached hydrogens (tertiary/aromatic N) is 1. The third kappa shape index (κ3) is 5.44. The Morgan fingerprint density at radius 2 is 1.93 bits per heavy atom. The first-order valence-electron chi connectivity index (χ1n) is 9.65. The quantitative estimate of drug-likeness (QED) is 0.661. The number of hydrogen-bond donors (Lipinski definition) is 1. The summed E-state index contributed by atoms with van der Waals surface area (Å²) in [6, 6.07) is 11.3. The van der Waals surface area contributed by atoms with Crippen molar-refractivity contribution in [1.82, 2.24) is 4.72 Å². The summed E-state index contributed by atoms with van der Waals surface area (Å²) >= 11 is 6.21. The Kier molecular flexibility index (Phi) is 7.23. The second-order valence-electron chi connectivity index (χ2n) is 7.14. The number of nitrogens with one attached hydrogen (secondary N) is 1. The van der Waals surface area contributed by atoms with Crippen molar-refractivity contribution in [1.29, 1.82) is 0 Å². The molecule has 9 heteroatoms. The molecule has 0 atom stereocenters. The Bertz CT molecular complexity index is 1010. The number of rotatable bonds is 8. The molecule has 7 nitrogen and oxygen atoms in total. The van der Waals surface area contributed by atoms with Crippen molar-refractivity contribution < 1.29 is 22.7 Å². The van der Waals surface area contributed by atoms with Crippen LogP contribution in [-0.2, 0) is 14.8 Å². The molecule has 0 heterocycles. The van der Waals surface area contributed by atoms with E-state index in [0.29, 0.717) is 11.4 Å². The zero-order chi connectivity index (χ0) is 21.7. The predicted octanol–water partition coefficient (Wildman–Crippen LogP) is 3.61. The fourth-order valence-corrected chi connectivity index (χ4v) is 4.93. The van der Waals surface area contributed by atoms with Gasteiger partial charge < -0.3 is 14.4 Å². The molecule has 30 heavy (non-hydrogen) atoms. The molecule has 0 aliphatic heterocycles. The number of carbonyl (C=O) groups is 1. The number of amides is 1. The van der Waals surface area contributed by atoms with Crippen LogP contribution in [0.2, 0.25) is 5.02 Å². The molecule has 1 N–H and O–H groups in total. The minimum Gasteiger partial charge on any atom is -0.497 e. The van der Waals surface area contributed by atoms with E-state index in [2.05, 4.69) is 4.72 Å². The average Bonchev–Trinajstić information content (AvgIpc) is 3.24. The van der Waals surface area contributed by atoms with Crippen molar-refractivity contribution in [2.24, 2.45) is 0 Å². The first kappa shape index (κ1) is 22.4. The highest BCUT2D eigenvalue weighted by Gasteiger charge is 2.23. The molecule has 0 spiro atoms. The van der Waals surface area contributed by atoms with Crippen LogP contribution in [0.4, 0.5) is 5.69 Å². The molecule has 2 aromatic carbocycles. The Morgan fingerprint density at radius 3 is 2.60 bits per heavy atom. The molecule has 3 rings (SSSR count). The molecule has 1 amide bonds. The Balaban J connectivity index is 1.63. The van der Waals surface area contributed by atoms with E-state index in [1.54, 1.807) is 38.4 Å². The van der Waals surface area contributed by atoms with Gasteiger partial charge in [0.15, 0.2) is 6.61 Å². The van der Waals surface area contributed by atoms with Crippen LogP contribution in [0, 0.1) is 0 Å². The fourth-order valence-electron chi connectivity index (χ4n) is 3.30. The lowest BCUT2D eigenvalue weighted by Gasteiger charge is -2.18. The van der Waals surface area contributed by atoms with Crippen LogP contribution in [0.1, 0.15) is 25.7 Å². The first-order valence-corrected chi connectivity index (χ1v) is 11.5. The van der Waals surface area contributed by atoms with Gasteiger partial charge in [-0.1, -0.05) is 30.5 Å². The van der Waals surface area contributed by atoms with Gasteiger partial charge in [-0.2, -0.15) is 0 Å². The smallest absolute Gasteiger partial charge is 0.264 e. The molecular weight excluding hydrogens is 428 g/mol. The van der Waals surface area contributed by atoms with Gasteiger partial charge >= 0.3 is 0 Å². The third-order valence-electron chi connectivity index (χ3n) is 5.06. The number of methoxy groups -OCH3 is 1. The number of likely N-dealkylation sites (N-methyl/N-ethyl adjacent to an activating group) is 1. The minimum atomic E-state index is -3.65. The molecule has 1 fully saturated rings. The summed E-state index contributed by atoms with van der Waals surface area (Å²) in [5.41, 5.74) is 0.661. The summed E-state index contributed by atoms with van der Waals surface area (Å²) in [4.78, 5) is 14.0. The van der Waals surface area contributed by atoms with E-state index < -0.39 is 10.0 Å². The number of anilines is 1. The number of ether oxygens (including phenoxy) is 2. The van der Waals surface area contributed by atoms with Crippen molar-refractivity contribution in [2.75, 3.05) is 25.7 Å². The van der Waals surface area contributed by atoms with E-state index >= 15 is 0 Å². The normalized spacial score (nSPS) is 14.5. The van der Waals surface area contributed by atoms with Gasteiger partial charge in [0.2, 0.25) is 10.0 Å². The highest BCUT2D eigenvalue weighted by molar-refractivity contribution is 7.89. The molecule has 2 aromatic rings. The van der Waals surface area contributed by atoms with Gasteiger partial charge in [-0.15, -0.1) is 0 Å². The summed E-state index contributed by atoms with van der Waals surface area (Å²) in [5.74, 6) is 0.585. The van der Waals surface area contributed by atoms with Gasteiger partial charge in [-0.25, -0.2) is 13.1 Å². The van der Waals surface area contributed by atoms with Crippen molar-refractivity contribution in [3.63, 3.8) is 0 Å². The summed E-state index contributed by atoms with van der Waals surface area (Å²) < 4.78 is 38.5. The summed E-state index contributed by atoms with van der Waals surface area (Å²) in [5, 5.41) is 0.126. The largest absolute Gasteiger partial charge is 0.497 e. The molecule has 0 radical (unpaired) electrons. The van der Waals surface area contributed by atoms with Crippen LogP contribution in [0.3, 0.4) is 0 Å². The van der Waals surface area contributed by atoms with E-state index in [4.69, 9.17) is 21.1 Å². The van der Waals surface area contributed by atoms with E-state index in [9.17, 15) is 13.2 Å². The molecule has 1 aliphatic carbocycles. The number of benzene rings is 2. The van der Waals surface area contributed by atoms with Gasteiger partial charge in [0.25, 0.3) is 5.91 Å². The highest BCUT2D eigenvalue weighted by Crippen LogP contribution is 2.29. The summed E-state index contributed by atoms with van der Waals surface area (Å²) in [7, 11) is -0.461. The zero-order valence-corrected chi connectivity index (χ0v) is 18.5. The average molecular weight is 453 g/mol. The first-order chi connectivity index (χ1) is 14.3. The van der Waals surface area contributed by atoms with E-state index in [-0.39, 0.29) is 34.2 Å². The lowest BCUT2D eigenvalue weighted by molar-refractivity contribution is -0.120. The van der Waals surface area contributed by atoms with E-state index in [0.717, 1.165) is 25.7 Å².